The van der Waals surface area contributed by atoms with Gasteiger partial charge in [0.15, 0.2) is 5.84 Å². The predicted molar refractivity (Wildman–Crippen MR) is 148 cm³/mol. The van der Waals surface area contributed by atoms with Crippen LogP contribution in [-0.4, -0.2) is 36.0 Å². The summed E-state index contributed by atoms with van der Waals surface area (Å²) in [5, 5.41) is 13.8. The maximum atomic E-state index is 12.0. The Balaban J connectivity index is 1.22. The molecule has 0 spiro atoms. The molecule has 3 atom stereocenters. The van der Waals surface area contributed by atoms with E-state index in [0.717, 1.165) is 5.57 Å². The number of allylic oxidation sites excluding steroid dienone is 12. The number of hydrazone groups is 1. The van der Waals surface area contributed by atoms with Crippen molar-refractivity contribution in [3.63, 3.8) is 0 Å². The molecule has 2 aliphatic heterocycles. The molecule has 0 bridgehead atoms. The Hall–Kier alpha value is -2.59. The predicted octanol–water partition coefficient (Wildman–Crippen LogP) is 6.64. The van der Waals surface area contributed by atoms with Crippen molar-refractivity contribution in [2.75, 3.05) is 14.1 Å². The fourth-order valence-corrected chi connectivity index (χ4v) is 10.1. The summed E-state index contributed by atoms with van der Waals surface area (Å²) in [6.45, 7) is 0. The molecule has 35 heavy (non-hydrogen) atoms. The van der Waals surface area contributed by atoms with Crippen LogP contribution in [0.25, 0.3) is 0 Å². The van der Waals surface area contributed by atoms with Crippen molar-refractivity contribution in [2.45, 2.75) is 4.58 Å². The number of carbonyl (C=O) groups is 1. The molecule has 5 nitrogen and oxygen atoms in total. The Morgan fingerprint density at radius 2 is 1.63 bits per heavy atom. The first-order valence-corrected chi connectivity index (χ1v) is 14.8. The molecule has 3 heterocycles. The zero-order valence-corrected chi connectivity index (χ0v) is 22.2. The van der Waals surface area contributed by atoms with E-state index in [-0.39, 0.29) is 6.03 Å². The normalized spacial score (nSPS) is 28.6. The molecule has 4 aliphatic carbocycles. The molecule has 9 heteroatoms. The topological polar surface area (TPSA) is 50.0 Å². The van der Waals surface area contributed by atoms with E-state index in [1.54, 1.807) is 14.1 Å². The average molecular weight is 533 g/mol. The highest BCUT2D eigenvalue weighted by atomic mass is 32.2. The van der Waals surface area contributed by atoms with Gasteiger partial charge < -0.3 is 0 Å². The van der Waals surface area contributed by atoms with Crippen LogP contribution < -0.4 is 5.43 Å². The van der Waals surface area contributed by atoms with Crippen LogP contribution in [0.15, 0.2) is 108 Å². The first kappa shape index (κ1) is 21.7. The summed E-state index contributed by atoms with van der Waals surface area (Å²) < 4.78 is 1.93. The average Bonchev–Trinajstić information content (AvgIpc) is 3.57. The summed E-state index contributed by atoms with van der Waals surface area (Å²) in [5.41, 5.74) is 11.9. The smallest absolute Gasteiger partial charge is 0.244 e. The molecule has 2 amide bonds. The van der Waals surface area contributed by atoms with E-state index in [1.807, 2.05) is 46.2 Å². The zero-order valence-electron chi connectivity index (χ0n) is 18.9. The second-order valence-electron chi connectivity index (χ2n) is 8.86. The summed E-state index contributed by atoms with van der Waals surface area (Å²) in [4.78, 5) is 13.4. The van der Waals surface area contributed by atoms with Crippen molar-refractivity contribution in [3.8, 4) is 0 Å². The fraction of sp³-hybridized carbons (Fsp3) is 0.192. The van der Waals surface area contributed by atoms with Crippen LogP contribution in [0.2, 0.25) is 0 Å². The fourth-order valence-electron chi connectivity index (χ4n) is 5.16. The number of nitrogens with zero attached hydrogens (tertiary/aromatic N) is 4. The Morgan fingerprint density at radius 3 is 2.31 bits per heavy atom. The minimum atomic E-state index is -0.242. The maximum absolute atomic E-state index is 12.0. The quantitative estimate of drug-likeness (QED) is 0.410. The van der Waals surface area contributed by atoms with Crippen LogP contribution in [0.4, 0.5) is 4.79 Å². The zero-order chi connectivity index (χ0) is 23.7. The number of amidine groups is 1. The third-order valence-corrected chi connectivity index (χ3v) is 12.2. The van der Waals surface area contributed by atoms with Gasteiger partial charge in [-0.2, -0.15) is 0 Å². The van der Waals surface area contributed by atoms with Crippen LogP contribution in [0.3, 0.4) is 0 Å². The molecule has 0 saturated carbocycles. The maximum Gasteiger partial charge on any atom is 0.360 e. The second kappa shape index (κ2) is 8.23. The van der Waals surface area contributed by atoms with Gasteiger partial charge in [0.1, 0.15) is 15.3 Å². The lowest BCUT2D eigenvalue weighted by molar-refractivity contribution is 0.155. The van der Waals surface area contributed by atoms with Crippen molar-refractivity contribution in [2.24, 2.45) is 16.9 Å². The first-order chi connectivity index (χ1) is 17.0. The van der Waals surface area contributed by atoms with Crippen molar-refractivity contribution in [1.29, 1.82) is 0 Å². The second-order valence-corrected chi connectivity index (χ2v) is 13.4. The Kier molecular flexibility index (Phi) is 5.10. The van der Waals surface area contributed by atoms with E-state index in [0.29, 0.717) is 22.3 Å². The van der Waals surface area contributed by atoms with Crippen molar-refractivity contribution in [3.05, 3.63) is 107 Å². The van der Waals surface area contributed by atoms with Gasteiger partial charge in [-0.15, -0.1) is 22.3 Å². The van der Waals surface area contributed by atoms with Gasteiger partial charge in [-0.25, -0.2) is 14.8 Å². The number of thioether (sulfide) groups is 2. The van der Waals surface area contributed by atoms with Crippen LogP contribution in [0.5, 0.6) is 0 Å². The summed E-state index contributed by atoms with van der Waals surface area (Å²) >= 11 is 7.59. The number of carbonyl (C=O) groups excluding carboxylic acids is 1. The van der Waals surface area contributed by atoms with Gasteiger partial charge in [0.05, 0.1) is 22.7 Å². The number of hydrogen-bond acceptors (Lipinski definition) is 5. The minimum Gasteiger partial charge on any atom is -0.244 e. The Labute approximate surface area is 220 Å². The molecule has 1 aromatic rings. The van der Waals surface area contributed by atoms with Crippen LogP contribution in [0, 0.1) is 11.8 Å². The van der Waals surface area contributed by atoms with E-state index in [9.17, 15) is 4.79 Å². The molecule has 0 N–H and O–H groups in total. The summed E-state index contributed by atoms with van der Waals surface area (Å²) in [7, 11) is 3.32. The van der Waals surface area contributed by atoms with Gasteiger partial charge >= 0.3 is 6.03 Å². The molecule has 0 fully saturated rings. The van der Waals surface area contributed by atoms with Crippen molar-refractivity contribution in [1.82, 2.24) is 15.4 Å². The number of urea groups is 1. The highest BCUT2D eigenvalue weighted by molar-refractivity contribution is 8.22. The molecule has 7 rings (SSSR count). The molecule has 1 radical (unpaired) electrons. The molecular weight excluding hydrogens is 513 g/mol. The van der Waals surface area contributed by atoms with Gasteiger partial charge in [-0.1, -0.05) is 36.1 Å². The van der Waals surface area contributed by atoms with Crippen LogP contribution in [-0.2, 0) is 0 Å². The number of hydrogen-bond donors (Lipinski definition) is 0. The SMILES string of the molecule is CN1[N]C(C2=CC3=CC=C4C=C(C5=CSC(c6scc[s+]6)S5)C=C5C=CC(=C2)C3C45)=NN(C)C1=O. The Morgan fingerprint density at radius 1 is 0.914 bits per heavy atom. The van der Waals surface area contributed by atoms with E-state index in [1.165, 1.54) is 47.0 Å². The lowest BCUT2D eigenvalue weighted by atomic mass is 9.63. The molecule has 0 saturated heterocycles. The molecule has 1 aromatic heterocycles. The van der Waals surface area contributed by atoms with Crippen molar-refractivity contribution >= 4 is 58.1 Å². The number of amides is 2. The van der Waals surface area contributed by atoms with Gasteiger partial charge in [-0.3, -0.25) is 0 Å². The van der Waals surface area contributed by atoms with Gasteiger partial charge in [0.25, 0.3) is 4.19 Å². The third kappa shape index (κ3) is 3.56. The van der Waals surface area contributed by atoms with Gasteiger partial charge in [-0.05, 0) is 57.6 Å². The molecule has 6 aliphatic rings. The molecule has 3 unspecified atom stereocenters. The largest absolute Gasteiger partial charge is 0.360 e. The van der Waals surface area contributed by atoms with Gasteiger partial charge in [0.2, 0.25) is 0 Å². The summed E-state index contributed by atoms with van der Waals surface area (Å²) in [6, 6.07) is -0.242. The van der Waals surface area contributed by atoms with Crippen LogP contribution >= 0.6 is 46.2 Å². The first-order valence-electron chi connectivity index (χ1n) is 11.2. The van der Waals surface area contributed by atoms with Gasteiger partial charge in [0, 0.05) is 36.4 Å². The third-order valence-electron chi connectivity index (χ3n) is 6.73. The van der Waals surface area contributed by atoms with Crippen LogP contribution in [0.1, 0.15) is 8.77 Å². The Bertz CT molecular complexity index is 1440. The standard InChI is InChI=1S/C26H20N4OS4/c1-29-26(31)30(2)28-23(27-29)19-11-16-5-3-14-9-18(10-15-4-6-17(12-19)22(16)21(14)15)20-13-34-25(35-20)24-32-7-8-33-24/h3-13,21-22,25H,1-2H3/q+1. The molecular formula is C26H20N4OS4+. The van der Waals surface area contributed by atoms with E-state index < -0.39 is 0 Å². The lowest BCUT2D eigenvalue weighted by Gasteiger charge is -2.41. The number of rotatable bonds is 3. The highest BCUT2D eigenvalue weighted by Crippen LogP contribution is 2.57. The van der Waals surface area contributed by atoms with E-state index >= 15 is 0 Å². The summed E-state index contributed by atoms with van der Waals surface area (Å²) in [5.74, 6) is 1.19. The van der Waals surface area contributed by atoms with Crippen molar-refractivity contribution < 1.29 is 4.79 Å². The monoisotopic (exact) mass is 532 g/mol. The molecule has 0 aromatic carbocycles. The highest BCUT2D eigenvalue weighted by Gasteiger charge is 2.40. The lowest BCUT2D eigenvalue weighted by Crippen LogP contribution is -2.48. The molecule has 173 valence electrons. The van der Waals surface area contributed by atoms with E-state index in [4.69, 9.17) is 0 Å². The summed E-state index contributed by atoms with van der Waals surface area (Å²) in [6.07, 6.45) is 18.1. The minimum absolute atomic E-state index is 0.242. The van der Waals surface area contributed by atoms with E-state index in [2.05, 4.69) is 75.3 Å².